The average Bonchev–Trinajstić information content (AvgIpc) is 2.47. The van der Waals surface area contributed by atoms with Crippen LogP contribution in [0.1, 0.15) is 117 Å². The van der Waals surface area contributed by atoms with Crippen molar-refractivity contribution in [2.75, 3.05) is 0 Å². The molecule has 0 unspecified atom stereocenters. The van der Waals surface area contributed by atoms with E-state index in [1.165, 1.54) is 102 Å². The first-order chi connectivity index (χ1) is 10.2. The first kappa shape index (κ1) is 20.5. The third kappa shape index (κ3) is 15.7. The molecule has 0 saturated carbocycles. The van der Waals surface area contributed by atoms with Crippen LogP contribution >= 0.6 is 0 Å². The average molecular weight is 296 g/mol. The molecule has 0 radical (unpaired) electrons. The maximum Gasteiger partial charge on any atom is 0.00379 e. The Morgan fingerprint density at radius 1 is 0.571 bits per heavy atom. The van der Waals surface area contributed by atoms with Crippen LogP contribution in [0.15, 0.2) is 11.3 Å². The van der Waals surface area contributed by atoms with Gasteiger partial charge in [-0.05, 0) is 26.7 Å². The smallest absolute Gasteiger partial charge is 0.00379 e. The van der Waals surface area contributed by atoms with Crippen molar-refractivity contribution in [3.05, 3.63) is 11.3 Å². The van der Waals surface area contributed by atoms with Crippen LogP contribution in [-0.2, 0) is 0 Å². The van der Waals surface area contributed by atoms with Gasteiger partial charge in [-0.1, -0.05) is 96.0 Å². The first-order valence-electron chi connectivity index (χ1n) is 9.60. The lowest BCUT2D eigenvalue weighted by Gasteiger charge is -2.04. The van der Waals surface area contributed by atoms with E-state index >= 15 is 0 Å². The number of nitrogens with two attached hydrogens (primary N) is 1. The van der Waals surface area contributed by atoms with E-state index in [9.17, 15) is 0 Å². The van der Waals surface area contributed by atoms with Crippen LogP contribution in [0.2, 0.25) is 0 Å². The largest absolute Gasteiger partial charge is 0.402 e. The molecular formula is C20H41N. The van der Waals surface area contributed by atoms with E-state index in [2.05, 4.69) is 13.8 Å². The third-order valence-electron chi connectivity index (χ3n) is 4.58. The Balaban J connectivity index is 3.08. The van der Waals surface area contributed by atoms with Crippen LogP contribution in [-0.4, -0.2) is 0 Å². The summed E-state index contributed by atoms with van der Waals surface area (Å²) in [6, 6.07) is 0. The van der Waals surface area contributed by atoms with Crippen molar-refractivity contribution in [1.82, 2.24) is 0 Å². The summed E-state index contributed by atoms with van der Waals surface area (Å²) in [5.41, 5.74) is 8.17. The fourth-order valence-electron chi connectivity index (χ4n) is 2.78. The van der Waals surface area contributed by atoms with Crippen LogP contribution < -0.4 is 5.73 Å². The van der Waals surface area contributed by atoms with Crippen molar-refractivity contribution in [3.63, 3.8) is 0 Å². The lowest BCUT2D eigenvalue weighted by Crippen LogP contribution is -1.95. The molecule has 0 aromatic heterocycles. The molecule has 21 heavy (non-hydrogen) atoms. The van der Waals surface area contributed by atoms with E-state index < -0.39 is 0 Å². The number of unbranched alkanes of at least 4 members (excludes halogenated alkanes) is 13. The van der Waals surface area contributed by atoms with E-state index in [1.54, 1.807) is 0 Å². The zero-order valence-electron chi connectivity index (χ0n) is 15.2. The summed E-state index contributed by atoms with van der Waals surface area (Å²) in [5, 5.41) is 0. The minimum Gasteiger partial charge on any atom is -0.402 e. The van der Waals surface area contributed by atoms with Crippen molar-refractivity contribution in [2.24, 2.45) is 5.73 Å². The fourth-order valence-corrected chi connectivity index (χ4v) is 2.78. The number of allylic oxidation sites excluding steroid dienone is 2. The molecule has 0 aliphatic heterocycles. The number of rotatable bonds is 15. The maximum absolute atomic E-state index is 5.77. The monoisotopic (exact) mass is 295 g/mol. The molecule has 0 saturated heterocycles. The van der Waals surface area contributed by atoms with Gasteiger partial charge in [0.2, 0.25) is 0 Å². The molecule has 0 heterocycles. The minimum atomic E-state index is 1.02. The summed E-state index contributed by atoms with van der Waals surface area (Å²) >= 11 is 0. The van der Waals surface area contributed by atoms with Gasteiger partial charge in [-0.15, -0.1) is 0 Å². The predicted molar refractivity (Wildman–Crippen MR) is 97.5 cm³/mol. The van der Waals surface area contributed by atoms with E-state index in [-0.39, 0.29) is 0 Å². The van der Waals surface area contributed by atoms with Crippen molar-refractivity contribution in [1.29, 1.82) is 0 Å². The Morgan fingerprint density at radius 2 is 0.905 bits per heavy atom. The van der Waals surface area contributed by atoms with Crippen molar-refractivity contribution >= 4 is 0 Å². The molecule has 0 amide bonds. The maximum atomic E-state index is 5.77. The molecule has 1 heteroatoms. The van der Waals surface area contributed by atoms with Gasteiger partial charge in [0.15, 0.2) is 0 Å². The highest BCUT2D eigenvalue weighted by Crippen LogP contribution is 2.15. The molecule has 0 bridgehead atoms. The molecule has 2 N–H and O–H groups in total. The standard InChI is InChI=1S/C20H41N/c1-4-5-6-7-8-9-10-11-12-13-14-15-16-17-18-19(2)20(3)21/h4-18,21H2,1-3H3. The Labute approximate surface area is 134 Å². The number of hydrogen-bond acceptors (Lipinski definition) is 1. The van der Waals surface area contributed by atoms with Crippen molar-refractivity contribution in [2.45, 2.75) is 117 Å². The van der Waals surface area contributed by atoms with Gasteiger partial charge in [0.25, 0.3) is 0 Å². The second-order valence-corrected chi connectivity index (χ2v) is 6.81. The lowest BCUT2D eigenvalue weighted by atomic mass is 10.0. The third-order valence-corrected chi connectivity index (χ3v) is 4.58. The molecule has 0 rings (SSSR count). The van der Waals surface area contributed by atoms with Gasteiger partial charge < -0.3 is 5.73 Å². The summed E-state index contributed by atoms with van der Waals surface area (Å²) in [4.78, 5) is 0. The molecule has 1 nitrogen and oxygen atoms in total. The van der Waals surface area contributed by atoms with Crippen LogP contribution in [0.3, 0.4) is 0 Å². The highest BCUT2D eigenvalue weighted by atomic mass is 14.6. The SMILES string of the molecule is CCCCCCCCCCCCCCCCC(C)=C(C)N. The van der Waals surface area contributed by atoms with Gasteiger partial charge in [-0.25, -0.2) is 0 Å². The second kappa shape index (κ2) is 15.9. The molecule has 0 atom stereocenters. The number of hydrogen-bond donors (Lipinski definition) is 1. The van der Waals surface area contributed by atoms with Gasteiger partial charge in [-0.3, -0.25) is 0 Å². The molecule has 0 spiro atoms. The second-order valence-electron chi connectivity index (χ2n) is 6.81. The van der Waals surface area contributed by atoms with Crippen LogP contribution in [0.5, 0.6) is 0 Å². The highest BCUT2D eigenvalue weighted by Gasteiger charge is 1.96. The van der Waals surface area contributed by atoms with Gasteiger partial charge in [0.1, 0.15) is 0 Å². The fraction of sp³-hybridized carbons (Fsp3) is 0.900. The van der Waals surface area contributed by atoms with Crippen LogP contribution in [0.25, 0.3) is 0 Å². The van der Waals surface area contributed by atoms with Crippen LogP contribution in [0, 0.1) is 0 Å². The predicted octanol–water partition coefficient (Wildman–Crippen LogP) is 7.11. The molecular weight excluding hydrogens is 254 g/mol. The van der Waals surface area contributed by atoms with E-state index in [0.717, 1.165) is 5.70 Å². The van der Waals surface area contributed by atoms with E-state index in [0.29, 0.717) is 0 Å². The van der Waals surface area contributed by atoms with Crippen LogP contribution in [0.4, 0.5) is 0 Å². The van der Waals surface area contributed by atoms with Crippen molar-refractivity contribution < 1.29 is 0 Å². The normalized spacial score (nSPS) is 12.5. The van der Waals surface area contributed by atoms with E-state index in [4.69, 9.17) is 5.73 Å². The molecule has 126 valence electrons. The van der Waals surface area contributed by atoms with Gasteiger partial charge in [0, 0.05) is 5.70 Å². The quantitative estimate of drug-likeness (QED) is 0.320. The summed E-state index contributed by atoms with van der Waals surface area (Å²) in [6.45, 7) is 6.47. The van der Waals surface area contributed by atoms with E-state index in [1.807, 2.05) is 6.92 Å². The molecule has 0 aromatic carbocycles. The zero-order valence-corrected chi connectivity index (χ0v) is 15.2. The Morgan fingerprint density at radius 3 is 1.24 bits per heavy atom. The summed E-state index contributed by atoms with van der Waals surface area (Å²) in [7, 11) is 0. The Bertz CT molecular complexity index is 238. The zero-order chi connectivity index (χ0) is 15.8. The minimum absolute atomic E-state index is 1.02. The topological polar surface area (TPSA) is 26.0 Å². The van der Waals surface area contributed by atoms with Gasteiger partial charge in [0.05, 0.1) is 0 Å². The first-order valence-corrected chi connectivity index (χ1v) is 9.60. The summed E-state index contributed by atoms with van der Waals surface area (Å²) < 4.78 is 0. The van der Waals surface area contributed by atoms with Gasteiger partial charge >= 0.3 is 0 Å². The molecule has 0 aliphatic rings. The Hall–Kier alpha value is -0.460. The summed E-state index contributed by atoms with van der Waals surface area (Å²) in [5.74, 6) is 0. The highest BCUT2D eigenvalue weighted by molar-refractivity contribution is 5.04. The molecule has 0 aromatic rings. The summed E-state index contributed by atoms with van der Waals surface area (Å²) in [6.07, 6.45) is 21.2. The van der Waals surface area contributed by atoms with Crippen molar-refractivity contribution in [3.8, 4) is 0 Å². The van der Waals surface area contributed by atoms with Gasteiger partial charge in [-0.2, -0.15) is 0 Å². The Kier molecular flexibility index (Phi) is 15.6. The molecule has 0 aliphatic carbocycles. The molecule has 0 fully saturated rings. The lowest BCUT2D eigenvalue weighted by molar-refractivity contribution is 0.535.